The van der Waals surface area contributed by atoms with Gasteiger partial charge in [0, 0.05) is 5.69 Å². The summed E-state index contributed by atoms with van der Waals surface area (Å²) in [6.07, 6.45) is 1.03. The number of nitrogens with zero attached hydrogens (tertiary/aromatic N) is 2. The molecule has 0 saturated carbocycles. The van der Waals surface area contributed by atoms with Gasteiger partial charge in [0.2, 0.25) is 15.9 Å². The summed E-state index contributed by atoms with van der Waals surface area (Å²) in [4.78, 5) is 12.4. The van der Waals surface area contributed by atoms with Crippen LogP contribution in [0.3, 0.4) is 0 Å². The Morgan fingerprint density at radius 2 is 1.88 bits per heavy atom. The number of hydrogen-bond acceptors (Lipinski definition) is 4. The second-order valence-electron chi connectivity index (χ2n) is 5.73. The van der Waals surface area contributed by atoms with E-state index in [2.05, 4.69) is 5.32 Å². The van der Waals surface area contributed by atoms with Crippen molar-refractivity contribution in [1.82, 2.24) is 0 Å². The summed E-state index contributed by atoms with van der Waals surface area (Å²) in [5, 5.41) is 11.7. The van der Waals surface area contributed by atoms with Crippen molar-refractivity contribution in [2.45, 2.75) is 13.8 Å². The highest BCUT2D eigenvalue weighted by Crippen LogP contribution is 2.21. The smallest absolute Gasteiger partial charge is 0.245 e. The van der Waals surface area contributed by atoms with Crippen LogP contribution in [0, 0.1) is 25.2 Å². The SMILES string of the molecule is Cc1cccc(NC(=O)CN(c2cccc(C#N)c2)S(C)(=O)=O)c1C. The molecule has 0 aliphatic rings. The average Bonchev–Trinajstić information content (AvgIpc) is 2.56. The van der Waals surface area contributed by atoms with Gasteiger partial charge < -0.3 is 5.32 Å². The highest BCUT2D eigenvalue weighted by Gasteiger charge is 2.21. The molecule has 0 heterocycles. The molecule has 2 aromatic rings. The molecule has 0 saturated heterocycles. The molecule has 1 N–H and O–H groups in total. The fourth-order valence-electron chi connectivity index (χ4n) is 2.34. The maximum atomic E-state index is 12.4. The van der Waals surface area contributed by atoms with Gasteiger partial charge >= 0.3 is 0 Å². The molecule has 7 heteroatoms. The van der Waals surface area contributed by atoms with Crippen molar-refractivity contribution < 1.29 is 13.2 Å². The maximum absolute atomic E-state index is 12.4. The number of aryl methyl sites for hydroxylation is 1. The van der Waals surface area contributed by atoms with Gasteiger partial charge in [0.05, 0.1) is 23.6 Å². The molecule has 130 valence electrons. The summed E-state index contributed by atoms with van der Waals surface area (Å²) in [6.45, 7) is 3.44. The first-order valence-electron chi connectivity index (χ1n) is 7.56. The first-order valence-corrected chi connectivity index (χ1v) is 9.41. The molecule has 2 rings (SSSR count). The van der Waals surface area contributed by atoms with Gasteiger partial charge in [0.15, 0.2) is 0 Å². The average molecular weight is 357 g/mol. The predicted octanol–water partition coefficient (Wildman–Crippen LogP) is 2.58. The Bertz CT molecular complexity index is 946. The minimum absolute atomic E-state index is 0.276. The Morgan fingerprint density at radius 1 is 1.20 bits per heavy atom. The van der Waals surface area contributed by atoms with E-state index < -0.39 is 15.9 Å². The number of hydrogen-bond donors (Lipinski definition) is 1. The van der Waals surface area contributed by atoms with Gasteiger partial charge in [-0.25, -0.2) is 8.42 Å². The van der Waals surface area contributed by atoms with Crippen LogP contribution in [0.25, 0.3) is 0 Å². The largest absolute Gasteiger partial charge is 0.324 e. The van der Waals surface area contributed by atoms with Crippen LogP contribution >= 0.6 is 0 Å². The van der Waals surface area contributed by atoms with Gasteiger partial charge in [-0.05, 0) is 49.2 Å². The van der Waals surface area contributed by atoms with Gasteiger partial charge in [0.1, 0.15) is 6.54 Å². The van der Waals surface area contributed by atoms with Crippen molar-refractivity contribution in [2.24, 2.45) is 0 Å². The Morgan fingerprint density at radius 3 is 2.52 bits per heavy atom. The summed E-state index contributed by atoms with van der Waals surface area (Å²) in [7, 11) is -3.69. The summed E-state index contributed by atoms with van der Waals surface area (Å²) >= 11 is 0. The third-order valence-electron chi connectivity index (χ3n) is 3.83. The Balaban J connectivity index is 2.27. The van der Waals surface area contributed by atoms with Crippen LogP contribution in [-0.4, -0.2) is 27.1 Å². The minimum Gasteiger partial charge on any atom is -0.324 e. The van der Waals surface area contributed by atoms with Gasteiger partial charge in [-0.1, -0.05) is 18.2 Å². The topological polar surface area (TPSA) is 90.3 Å². The third kappa shape index (κ3) is 4.58. The molecule has 25 heavy (non-hydrogen) atoms. The molecular formula is C18H19N3O3S. The van der Waals surface area contributed by atoms with Gasteiger partial charge in [0.25, 0.3) is 0 Å². The van der Waals surface area contributed by atoms with Crippen LogP contribution in [0.1, 0.15) is 16.7 Å². The summed E-state index contributed by atoms with van der Waals surface area (Å²) < 4.78 is 25.2. The van der Waals surface area contributed by atoms with E-state index in [1.807, 2.05) is 32.0 Å². The van der Waals surface area contributed by atoms with Crippen LogP contribution in [-0.2, 0) is 14.8 Å². The molecular weight excluding hydrogens is 338 g/mol. The molecule has 0 aromatic heterocycles. The third-order valence-corrected chi connectivity index (χ3v) is 4.97. The van der Waals surface area contributed by atoms with Crippen molar-refractivity contribution in [3.63, 3.8) is 0 Å². The molecule has 0 atom stereocenters. The summed E-state index contributed by atoms with van der Waals surface area (Å²) in [5.74, 6) is -0.457. The maximum Gasteiger partial charge on any atom is 0.245 e. The van der Waals surface area contributed by atoms with Crippen LogP contribution in [0.4, 0.5) is 11.4 Å². The number of nitrogens with one attached hydrogen (secondary N) is 1. The fraction of sp³-hybridized carbons (Fsp3) is 0.222. The predicted molar refractivity (Wildman–Crippen MR) is 97.9 cm³/mol. The van der Waals surface area contributed by atoms with E-state index in [0.29, 0.717) is 11.3 Å². The zero-order chi connectivity index (χ0) is 18.6. The first-order chi connectivity index (χ1) is 11.7. The lowest BCUT2D eigenvalue weighted by Crippen LogP contribution is -2.37. The van der Waals surface area contributed by atoms with Crippen molar-refractivity contribution in [3.8, 4) is 6.07 Å². The van der Waals surface area contributed by atoms with Crippen molar-refractivity contribution in [1.29, 1.82) is 5.26 Å². The number of amides is 1. The molecule has 0 aliphatic heterocycles. The van der Waals surface area contributed by atoms with Crippen LogP contribution in [0.15, 0.2) is 42.5 Å². The van der Waals surface area contributed by atoms with Gasteiger partial charge in [-0.2, -0.15) is 5.26 Å². The number of carbonyl (C=O) groups is 1. The van der Waals surface area contributed by atoms with Crippen molar-refractivity contribution >= 4 is 27.3 Å². The monoisotopic (exact) mass is 357 g/mol. The van der Waals surface area contributed by atoms with E-state index >= 15 is 0 Å². The number of sulfonamides is 1. The fourth-order valence-corrected chi connectivity index (χ4v) is 3.19. The lowest BCUT2D eigenvalue weighted by atomic mass is 10.1. The lowest BCUT2D eigenvalue weighted by molar-refractivity contribution is -0.114. The van der Waals surface area contributed by atoms with Crippen molar-refractivity contribution in [3.05, 3.63) is 59.2 Å². The second kappa shape index (κ2) is 7.36. The van der Waals surface area contributed by atoms with Crippen LogP contribution < -0.4 is 9.62 Å². The lowest BCUT2D eigenvalue weighted by Gasteiger charge is -2.22. The summed E-state index contributed by atoms with van der Waals surface area (Å²) in [6, 6.07) is 13.6. The highest BCUT2D eigenvalue weighted by molar-refractivity contribution is 7.92. The van der Waals surface area contributed by atoms with E-state index in [0.717, 1.165) is 21.7 Å². The Labute approximate surface area is 147 Å². The number of rotatable bonds is 5. The summed E-state index contributed by atoms with van der Waals surface area (Å²) in [5.41, 5.74) is 3.19. The second-order valence-corrected chi connectivity index (χ2v) is 7.63. The van der Waals surface area contributed by atoms with Crippen molar-refractivity contribution in [2.75, 3.05) is 22.4 Å². The molecule has 6 nitrogen and oxygen atoms in total. The molecule has 2 aromatic carbocycles. The molecule has 0 unspecified atom stereocenters. The Kier molecular flexibility index (Phi) is 5.45. The van der Waals surface area contributed by atoms with Crippen LogP contribution in [0.2, 0.25) is 0 Å². The Hall–Kier alpha value is -2.85. The standard InChI is InChI=1S/C18H19N3O3S/c1-13-6-4-9-17(14(13)2)20-18(22)12-21(25(3,23)24)16-8-5-7-15(10-16)11-19/h4-10H,12H2,1-3H3,(H,20,22). The normalized spacial score (nSPS) is 10.8. The highest BCUT2D eigenvalue weighted by atomic mass is 32.2. The minimum atomic E-state index is -3.69. The van der Waals surface area contributed by atoms with E-state index in [4.69, 9.17) is 5.26 Å². The molecule has 0 bridgehead atoms. The van der Waals surface area contributed by atoms with E-state index in [9.17, 15) is 13.2 Å². The van der Waals surface area contributed by atoms with E-state index in [1.54, 1.807) is 24.3 Å². The molecule has 0 spiro atoms. The quantitative estimate of drug-likeness (QED) is 0.890. The molecule has 0 fully saturated rings. The van der Waals surface area contributed by atoms with E-state index in [-0.39, 0.29) is 12.2 Å². The molecule has 0 radical (unpaired) electrons. The van der Waals surface area contributed by atoms with Crippen LogP contribution in [0.5, 0.6) is 0 Å². The first kappa shape index (κ1) is 18.5. The zero-order valence-electron chi connectivity index (χ0n) is 14.3. The number of nitriles is 1. The van der Waals surface area contributed by atoms with E-state index in [1.165, 1.54) is 6.07 Å². The molecule has 1 amide bonds. The molecule has 0 aliphatic carbocycles. The number of benzene rings is 2. The zero-order valence-corrected chi connectivity index (χ0v) is 15.1. The number of carbonyl (C=O) groups excluding carboxylic acids is 1. The number of anilines is 2. The van der Waals surface area contributed by atoms with Gasteiger partial charge in [-0.3, -0.25) is 9.10 Å². The van der Waals surface area contributed by atoms with Gasteiger partial charge in [-0.15, -0.1) is 0 Å².